The molecule has 0 radical (unpaired) electrons. The molecule has 0 saturated carbocycles. The van der Waals surface area contributed by atoms with Crippen LogP contribution in [0, 0.1) is 0 Å². The van der Waals surface area contributed by atoms with Crippen molar-refractivity contribution in [2.45, 2.75) is 45.7 Å². The number of halogens is 1. The first kappa shape index (κ1) is 16.3. The Balaban J connectivity index is 2.18. The van der Waals surface area contributed by atoms with Gasteiger partial charge in [-0.3, -0.25) is 9.36 Å². The van der Waals surface area contributed by atoms with Gasteiger partial charge < -0.3 is 4.90 Å². The highest BCUT2D eigenvalue weighted by atomic mass is 79.9. The van der Waals surface area contributed by atoms with E-state index in [0.717, 1.165) is 41.8 Å². The third-order valence-electron chi connectivity index (χ3n) is 3.93. The van der Waals surface area contributed by atoms with Crippen LogP contribution in [-0.2, 0) is 19.5 Å². The first-order chi connectivity index (χ1) is 11.0. The summed E-state index contributed by atoms with van der Waals surface area (Å²) in [7, 11) is 3.90. The Morgan fingerprint density at radius 3 is 2.74 bits per heavy atom. The molecule has 2 aromatic heterocycles. The molecule has 0 N–H and O–H groups in total. The van der Waals surface area contributed by atoms with E-state index in [-0.39, 0.29) is 5.56 Å². The molecule has 0 bridgehead atoms. The van der Waals surface area contributed by atoms with Crippen molar-refractivity contribution < 1.29 is 0 Å². The van der Waals surface area contributed by atoms with Gasteiger partial charge in [-0.05, 0) is 36.4 Å². The first-order valence-electron chi connectivity index (χ1n) is 7.90. The Kier molecular flexibility index (Phi) is 4.63. The number of rotatable bonds is 6. The van der Waals surface area contributed by atoms with Crippen LogP contribution in [-0.4, -0.2) is 42.8 Å². The van der Waals surface area contributed by atoms with Crippen molar-refractivity contribution in [3.8, 4) is 0 Å². The zero-order valence-corrected chi connectivity index (χ0v) is 15.3. The molecule has 23 heavy (non-hydrogen) atoms. The van der Waals surface area contributed by atoms with Crippen LogP contribution in [0.1, 0.15) is 37.6 Å². The van der Waals surface area contributed by atoms with Crippen LogP contribution >= 0.6 is 15.9 Å². The number of aliphatic imine (C=N–C) groups is 1. The number of aryl methyl sites for hydroxylation is 1. The second-order valence-electron chi connectivity index (χ2n) is 6.12. The normalized spacial score (nSPS) is 13.9. The van der Waals surface area contributed by atoms with E-state index in [1.165, 1.54) is 0 Å². The lowest BCUT2D eigenvalue weighted by molar-refractivity contribution is 0.387. The lowest BCUT2D eigenvalue weighted by Crippen LogP contribution is -2.25. The fourth-order valence-corrected chi connectivity index (χ4v) is 3.32. The molecule has 3 rings (SSSR count). The summed E-state index contributed by atoms with van der Waals surface area (Å²) in [5, 5.41) is 8.51. The van der Waals surface area contributed by atoms with E-state index in [2.05, 4.69) is 38.0 Å². The third kappa shape index (κ3) is 2.97. The summed E-state index contributed by atoms with van der Waals surface area (Å²) in [6, 6.07) is 0. The molecule has 0 aliphatic carbocycles. The van der Waals surface area contributed by atoms with Crippen LogP contribution in [0.5, 0.6) is 0 Å². The number of nitrogens with zero attached hydrogens (tertiary/aromatic N) is 6. The van der Waals surface area contributed by atoms with Gasteiger partial charge in [-0.15, -0.1) is 10.2 Å². The minimum Gasteiger partial charge on any atom is -0.302 e. The lowest BCUT2D eigenvalue weighted by atomic mass is 10.2. The Labute approximate surface area is 143 Å². The summed E-state index contributed by atoms with van der Waals surface area (Å²) in [6.07, 6.45) is 3.85. The summed E-state index contributed by atoms with van der Waals surface area (Å²) in [5.41, 5.74) is 0.669. The van der Waals surface area contributed by atoms with Gasteiger partial charge >= 0.3 is 0 Å². The molecule has 8 heteroatoms. The maximum Gasteiger partial charge on any atom is 0.266 e. The van der Waals surface area contributed by atoms with Gasteiger partial charge in [0.2, 0.25) is 5.78 Å². The number of hydrogen-bond acceptors (Lipinski definition) is 5. The average Bonchev–Trinajstić information content (AvgIpc) is 3.06. The zero-order valence-electron chi connectivity index (χ0n) is 13.7. The monoisotopic (exact) mass is 380 g/mol. The van der Waals surface area contributed by atoms with Gasteiger partial charge in [0.1, 0.15) is 5.82 Å². The van der Waals surface area contributed by atoms with Crippen molar-refractivity contribution in [1.29, 1.82) is 0 Å². The smallest absolute Gasteiger partial charge is 0.266 e. The highest BCUT2D eigenvalue weighted by Crippen LogP contribution is 2.28. The fraction of sp³-hybridized carbons (Fsp3) is 0.600. The molecule has 0 amide bonds. The first-order valence-corrected chi connectivity index (χ1v) is 8.69. The fourth-order valence-electron chi connectivity index (χ4n) is 2.87. The zero-order chi connectivity index (χ0) is 16.6. The molecule has 0 spiro atoms. The molecule has 1 aliphatic rings. The number of aromatic nitrogens is 4. The van der Waals surface area contributed by atoms with Crippen LogP contribution < -0.4 is 5.56 Å². The molecular weight excluding hydrogens is 360 g/mol. The minimum atomic E-state index is -0.0539. The second kappa shape index (κ2) is 6.52. The van der Waals surface area contributed by atoms with E-state index < -0.39 is 0 Å². The van der Waals surface area contributed by atoms with Gasteiger partial charge in [0.15, 0.2) is 5.82 Å². The van der Waals surface area contributed by atoms with Crippen LogP contribution in [0.2, 0.25) is 0 Å². The van der Waals surface area contributed by atoms with E-state index in [0.29, 0.717) is 24.6 Å². The van der Waals surface area contributed by atoms with Crippen molar-refractivity contribution in [1.82, 2.24) is 24.1 Å². The highest BCUT2D eigenvalue weighted by Gasteiger charge is 2.25. The van der Waals surface area contributed by atoms with Crippen molar-refractivity contribution in [3.63, 3.8) is 0 Å². The molecule has 3 heterocycles. The van der Waals surface area contributed by atoms with Crippen molar-refractivity contribution >= 4 is 32.1 Å². The number of hydrogen-bond donors (Lipinski definition) is 0. The molecule has 0 unspecified atom stereocenters. The molecule has 0 saturated heterocycles. The quantitative estimate of drug-likeness (QED) is 0.719. The molecule has 0 atom stereocenters. The Hall–Kier alpha value is -1.54. The number of unbranched alkanes of at least 4 members (excludes halogenated alkanes) is 2. The summed E-state index contributed by atoms with van der Waals surface area (Å²) in [6.45, 7) is 3.54. The van der Waals surface area contributed by atoms with Gasteiger partial charge in [0.05, 0.1) is 16.7 Å². The summed E-state index contributed by atoms with van der Waals surface area (Å²) < 4.78 is 4.47. The van der Waals surface area contributed by atoms with E-state index in [4.69, 9.17) is 0 Å². The Morgan fingerprint density at radius 2 is 2.04 bits per heavy atom. The van der Waals surface area contributed by atoms with Gasteiger partial charge in [0.25, 0.3) is 5.56 Å². The standard InChI is InChI=1S/C15H21BrN6O/c1-4-5-6-7-21-13-10(8-11(16)17-13)14(23)22-12(9-20(2)3)18-19-15(21)22/h4-9H2,1-3H3. The van der Waals surface area contributed by atoms with Gasteiger partial charge in [-0.2, -0.15) is 0 Å². The van der Waals surface area contributed by atoms with Crippen molar-refractivity contribution in [2.24, 2.45) is 4.99 Å². The van der Waals surface area contributed by atoms with Crippen molar-refractivity contribution in [3.05, 3.63) is 21.7 Å². The largest absolute Gasteiger partial charge is 0.302 e. The predicted octanol–water partition coefficient (Wildman–Crippen LogP) is 2.12. The van der Waals surface area contributed by atoms with Gasteiger partial charge in [-0.1, -0.05) is 19.8 Å². The predicted molar refractivity (Wildman–Crippen MR) is 93.9 cm³/mol. The molecular formula is C15H21BrN6O. The van der Waals surface area contributed by atoms with E-state index in [1.54, 1.807) is 4.40 Å². The number of fused-ring (bicyclic) bond motifs is 2. The maximum atomic E-state index is 12.9. The SMILES string of the molecule is CCCCCn1c2c(c(=O)n3c(CN(C)C)nnc13)CC(Br)=N2. The maximum absolute atomic E-state index is 12.9. The molecule has 0 aromatic carbocycles. The lowest BCUT2D eigenvalue weighted by Gasteiger charge is -2.13. The van der Waals surface area contributed by atoms with E-state index >= 15 is 0 Å². The van der Waals surface area contributed by atoms with Gasteiger partial charge in [-0.25, -0.2) is 9.39 Å². The van der Waals surface area contributed by atoms with Crippen LogP contribution in [0.15, 0.2) is 9.79 Å². The van der Waals surface area contributed by atoms with Crippen LogP contribution in [0.25, 0.3) is 5.78 Å². The molecule has 1 aliphatic heterocycles. The molecule has 2 aromatic rings. The van der Waals surface area contributed by atoms with Crippen molar-refractivity contribution in [2.75, 3.05) is 14.1 Å². The Bertz CT molecular complexity index is 819. The van der Waals surface area contributed by atoms with E-state index in [1.807, 2.05) is 23.6 Å². The summed E-state index contributed by atoms with van der Waals surface area (Å²) >= 11 is 3.43. The van der Waals surface area contributed by atoms with E-state index in [9.17, 15) is 4.79 Å². The molecule has 0 fully saturated rings. The second-order valence-corrected chi connectivity index (χ2v) is 7.04. The Morgan fingerprint density at radius 1 is 1.26 bits per heavy atom. The molecule has 124 valence electrons. The van der Waals surface area contributed by atoms with Crippen LogP contribution in [0.3, 0.4) is 0 Å². The third-order valence-corrected chi connectivity index (χ3v) is 4.39. The molecule has 7 nitrogen and oxygen atoms in total. The van der Waals surface area contributed by atoms with Gasteiger partial charge in [0, 0.05) is 13.0 Å². The topological polar surface area (TPSA) is 67.8 Å². The summed E-state index contributed by atoms with van der Waals surface area (Å²) in [5.74, 6) is 1.99. The van der Waals surface area contributed by atoms with Crippen LogP contribution in [0.4, 0.5) is 5.82 Å². The minimum absolute atomic E-state index is 0.0539. The average molecular weight is 381 g/mol. The highest BCUT2D eigenvalue weighted by molar-refractivity contribution is 9.18. The summed E-state index contributed by atoms with van der Waals surface area (Å²) in [4.78, 5) is 19.4.